The van der Waals surface area contributed by atoms with Crippen LogP contribution in [0.4, 0.5) is 0 Å². The van der Waals surface area contributed by atoms with Crippen LogP contribution in [0, 0.1) is 12.3 Å². The lowest BCUT2D eigenvalue weighted by molar-refractivity contribution is -0.120. The molecule has 0 atom stereocenters. The van der Waals surface area contributed by atoms with Crippen LogP contribution in [0.15, 0.2) is 16.4 Å². The number of aromatic nitrogens is 2. The van der Waals surface area contributed by atoms with Gasteiger partial charge in [0, 0.05) is 38.6 Å². The van der Waals surface area contributed by atoms with E-state index in [1.165, 1.54) is 13.3 Å². The third kappa shape index (κ3) is 3.02. The monoisotopic (exact) mass is 329 g/mol. The zero-order valence-corrected chi connectivity index (χ0v) is 13.6. The number of methoxy groups -OCH3 is 1. The molecular formula is C16H19N5O3. The van der Waals surface area contributed by atoms with Crippen LogP contribution in [-0.4, -0.2) is 40.9 Å². The molecule has 1 aromatic rings. The Hall–Kier alpha value is -2.69. The molecule has 2 aliphatic rings. The molecule has 0 spiro atoms. The minimum Gasteiger partial charge on any atom is -0.464 e. The van der Waals surface area contributed by atoms with Gasteiger partial charge in [0.05, 0.1) is 13.3 Å². The number of amides is 1. The number of carbonyl (C=O) groups excluding carboxylic acids is 2. The second-order valence-corrected chi connectivity index (χ2v) is 5.87. The molecule has 1 aromatic heterocycles. The van der Waals surface area contributed by atoms with E-state index in [9.17, 15) is 9.59 Å². The summed E-state index contributed by atoms with van der Waals surface area (Å²) in [6.07, 6.45) is 10.3. The molecule has 0 N–H and O–H groups in total. The number of fused-ring (bicyclic) bond motifs is 1. The summed E-state index contributed by atoms with van der Waals surface area (Å²) in [5.41, 5.74) is -0.218. The predicted molar refractivity (Wildman–Crippen MR) is 84.9 cm³/mol. The van der Waals surface area contributed by atoms with Crippen LogP contribution in [0.3, 0.4) is 0 Å². The fraction of sp³-hybridized carbons (Fsp3) is 0.562. The van der Waals surface area contributed by atoms with Crippen molar-refractivity contribution in [1.82, 2.24) is 9.66 Å². The molecule has 3 rings (SSSR count). The molecule has 0 bridgehead atoms. The Morgan fingerprint density at radius 2 is 2.21 bits per heavy atom. The van der Waals surface area contributed by atoms with Gasteiger partial charge in [-0.15, -0.1) is 12.3 Å². The molecule has 0 saturated carbocycles. The molecule has 24 heavy (non-hydrogen) atoms. The summed E-state index contributed by atoms with van der Waals surface area (Å²) in [4.78, 5) is 28.8. The highest BCUT2D eigenvalue weighted by Crippen LogP contribution is 2.37. The highest BCUT2D eigenvalue weighted by molar-refractivity contribution is 5.91. The summed E-state index contributed by atoms with van der Waals surface area (Å²) in [6, 6.07) is 0. The van der Waals surface area contributed by atoms with Gasteiger partial charge in [0.25, 0.3) is 0 Å². The minimum atomic E-state index is -0.508. The van der Waals surface area contributed by atoms with Gasteiger partial charge >= 0.3 is 5.97 Å². The lowest BCUT2D eigenvalue weighted by atomic mass is 10.0. The van der Waals surface area contributed by atoms with E-state index in [0.717, 1.165) is 12.8 Å². The molecule has 8 heteroatoms. The van der Waals surface area contributed by atoms with Crippen LogP contribution < -0.4 is 5.01 Å². The van der Waals surface area contributed by atoms with Crippen LogP contribution in [-0.2, 0) is 16.0 Å². The predicted octanol–water partition coefficient (Wildman–Crippen LogP) is 1.44. The lowest BCUT2D eigenvalue weighted by Crippen LogP contribution is -2.46. The summed E-state index contributed by atoms with van der Waals surface area (Å²) in [5.74, 6) is 2.67. The molecule has 2 aliphatic heterocycles. The van der Waals surface area contributed by atoms with E-state index >= 15 is 0 Å². The SMILES string of the molecule is C#CCCC1(CCC(=O)N2CCCc3ncc(C(=O)OC)n32)N=N1. The zero-order chi connectivity index (χ0) is 17.2. The Kier molecular flexibility index (Phi) is 4.34. The lowest BCUT2D eigenvalue weighted by Gasteiger charge is -2.30. The number of rotatable bonds is 6. The maximum Gasteiger partial charge on any atom is 0.358 e. The van der Waals surface area contributed by atoms with Crippen molar-refractivity contribution in [2.24, 2.45) is 10.2 Å². The van der Waals surface area contributed by atoms with Crippen molar-refractivity contribution < 1.29 is 14.3 Å². The van der Waals surface area contributed by atoms with Crippen LogP contribution in [0.25, 0.3) is 0 Å². The maximum atomic E-state index is 12.7. The van der Waals surface area contributed by atoms with E-state index in [0.29, 0.717) is 31.6 Å². The molecule has 3 heterocycles. The normalized spacial score (nSPS) is 17.1. The second-order valence-electron chi connectivity index (χ2n) is 5.87. The topological polar surface area (TPSA) is 89.2 Å². The number of carbonyl (C=O) groups is 2. The van der Waals surface area contributed by atoms with Gasteiger partial charge < -0.3 is 4.74 Å². The zero-order valence-electron chi connectivity index (χ0n) is 13.6. The van der Waals surface area contributed by atoms with Crippen LogP contribution in [0.2, 0.25) is 0 Å². The molecule has 1 amide bonds. The number of terminal acetylenes is 1. The van der Waals surface area contributed by atoms with Crippen molar-refractivity contribution >= 4 is 11.9 Å². The first-order valence-electron chi connectivity index (χ1n) is 7.93. The van der Waals surface area contributed by atoms with E-state index in [4.69, 9.17) is 11.2 Å². The number of imidazole rings is 1. The molecule has 0 radical (unpaired) electrons. The van der Waals surface area contributed by atoms with Crippen molar-refractivity contribution in [2.45, 2.75) is 44.2 Å². The average molecular weight is 329 g/mol. The number of aryl methyl sites for hydroxylation is 1. The maximum absolute atomic E-state index is 12.7. The summed E-state index contributed by atoms with van der Waals surface area (Å²) in [6.45, 7) is 0.540. The van der Waals surface area contributed by atoms with Gasteiger partial charge in [-0.25, -0.2) is 19.5 Å². The van der Waals surface area contributed by atoms with Crippen LogP contribution >= 0.6 is 0 Å². The van der Waals surface area contributed by atoms with Gasteiger partial charge in [0.15, 0.2) is 11.4 Å². The van der Waals surface area contributed by atoms with E-state index in [1.54, 1.807) is 9.69 Å². The van der Waals surface area contributed by atoms with Crippen LogP contribution in [0.1, 0.15) is 48.4 Å². The quantitative estimate of drug-likeness (QED) is 0.583. The number of hydrogen-bond acceptors (Lipinski definition) is 6. The Morgan fingerprint density at radius 3 is 2.88 bits per heavy atom. The van der Waals surface area contributed by atoms with Crippen molar-refractivity contribution in [2.75, 3.05) is 18.7 Å². The largest absolute Gasteiger partial charge is 0.464 e. The van der Waals surface area contributed by atoms with Gasteiger partial charge in [-0.1, -0.05) is 0 Å². The molecule has 0 aliphatic carbocycles. The molecule has 0 saturated heterocycles. The number of ether oxygens (including phenoxy) is 1. The Balaban J connectivity index is 1.70. The van der Waals surface area contributed by atoms with Gasteiger partial charge in [-0.05, 0) is 6.42 Å². The highest BCUT2D eigenvalue weighted by atomic mass is 16.5. The Bertz CT molecular complexity index is 725. The highest BCUT2D eigenvalue weighted by Gasteiger charge is 2.40. The minimum absolute atomic E-state index is 0.0866. The molecule has 0 unspecified atom stereocenters. The second kappa shape index (κ2) is 6.43. The Morgan fingerprint density at radius 1 is 1.42 bits per heavy atom. The Labute approximate surface area is 139 Å². The molecule has 8 nitrogen and oxygen atoms in total. The first kappa shape index (κ1) is 16.2. The van der Waals surface area contributed by atoms with E-state index in [1.807, 2.05) is 0 Å². The summed E-state index contributed by atoms with van der Waals surface area (Å²) >= 11 is 0. The van der Waals surface area contributed by atoms with E-state index in [-0.39, 0.29) is 18.0 Å². The smallest absolute Gasteiger partial charge is 0.358 e. The van der Waals surface area contributed by atoms with Gasteiger partial charge in [0.2, 0.25) is 5.91 Å². The standard InChI is InChI=1S/C16H19N5O3/c1-3-4-8-16(18-19-16)9-7-14(22)20-10-5-6-13-17-11-12(21(13)20)15(23)24-2/h1,11H,4-10H2,2H3. The van der Waals surface area contributed by atoms with Crippen molar-refractivity contribution in [1.29, 1.82) is 0 Å². The molecule has 0 aromatic carbocycles. The molecular weight excluding hydrogens is 310 g/mol. The number of nitrogens with zero attached hydrogens (tertiary/aromatic N) is 5. The van der Waals surface area contributed by atoms with Gasteiger partial charge in [-0.3, -0.25) is 4.79 Å². The summed E-state index contributed by atoms with van der Waals surface area (Å²) in [5, 5.41) is 9.66. The average Bonchev–Trinajstić information content (AvgIpc) is 3.25. The first-order chi connectivity index (χ1) is 11.6. The van der Waals surface area contributed by atoms with Crippen molar-refractivity contribution in [3.63, 3.8) is 0 Å². The molecule has 126 valence electrons. The van der Waals surface area contributed by atoms with E-state index in [2.05, 4.69) is 21.1 Å². The first-order valence-corrected chi connectivity index (χ1v) is 7.93. The van der Waals surface area contributed by atoms with Crippen molar-refractivity contribution in [3.05, 3.63) is 17.7 Å². The fourth-order valence-corrected chi connectivity index (χ4v) is 2.90. The van der Waals surface area contributed by atoms with Crippen molar-refractivity contribution in [3.8, 4) is 12.3 Å². The third-order valence-corrected chi connectivity index (χ3v) is 4.29. The number of hydrogen-bond donors (Lipinski definition) is 0. The van der Waals surface area contributed by atoms with Gasteiger partial charge in [0.1, 0.15) is 5.82 Å². The van der Waals surface area contributed by atoms with Gasteiger partial charge in [-0.2, -0.15) is 10.2 Å². The summed E-state index contributed by atoms with van der Waals surface area (Å²) < 4.78 is 6.35. The third-order valence-electron chi connectivity index (χ3n) is 4.29. The van der Waals surface area contributed by atoms with E-state index < -0.39 is 11.6 Å². The van der Waals surface area contributed by atoms with Crippen LogP contribution in [0.5, 0.6) is 0 Å². The fourth-order valence-electron chi connectivity index (χ4n) is 2.90. The molecule has 0 fully saturated rings. The number of esters is 1. The summed E-state index contributed by atoms with van der Waals surface area (Å²) in [7, 11) is 1.31.